The first-order valence-corrected chi connectivity index (χ1v) is 9.32. The molecule has 4 rings (SSSR count). The van der Waals surface area contributed by atoms with Crippen molar-refractivity contribution in [3.8, 4) is 5.75 Å². The van der Waals surface area contributed by atoms with Crippen molar-refractivity contribution in [3.63, 3.8) is 0 Å². The van der Waals surface area contributed by atoms with Gasteiger partial charge in [0.05, 0.1) is 25.3 Å². The molecule has 0 unspecified atom stereocenters. The summed E-state index contributed by atoms with van der Waals surface area (Å²) in [5.41, 5.74) is 1.54. The quantitative estimate of drug-likeness (QED) is 0.759. The molecule has 0 aromatic heterocycles. The van der Waals surface area contributed by atoms with E-state index in [0.29, 0.717) is 18.8 Å². The van der Waals surface area contributed by atoms with Gasteiger partial charge in [0.25, 0.3) is 5.91 Å². The molecule has 0 N–H and O–H groups in total. The van der Waals surface area contributed by atoms with Crippen LogP contribution in [-0.2, 0) is 9.59 Å². The third-order valence-electron chi connectivity index (χ3n) is 5.40. The van der Waals surface area contributed by atoms with E-state index in [9.17, 15) is 14.0 Å². The molecule has 28 heavy (non-hydrogen) atoms. The van der Waals surface area contributed by atoms with Gasteiger partial charge in [0, 0.05) is 31.9 Å². The number of anilines is 2. The third kappa shape index (κ3) is 3.45. The number of amides is 2. The van der Waals surface area contributed by atoms with Crippen LogP contribution in [0.2, 0.25) is 0 Å². The number of carbonyl (C=O) groups excluding carboxylic acids is 2. The van der Waals surface area contributed by atoms with E-state index >= 15 is 0 Å². The number of nitrogens with zero attached hydrogens (tertiary/aromatic N) is 3. The van der Waals surface area contributed by atoms with Crippen LogP contribution in [0, 0.1) is 5.82 Å². The Morgan fingerprint density at radius 2 is 1.50 bits per heavy atom. The fourth-order valence-corrected chi connectivity index (χ4v) is 3.85. The Morgan fingerprint density at radius 1 is 0.893 bits per heavy atom. The average Bonchev–Trinajstić information content (AvgIpc) is 3.03. The molecule has 7 heteroatoms. The molecule has 1 atom stereocenters. The number of imide groups is 1. The van der Waals surface area contributed by atoms with Crippen molar-refractivity contribution in [2.75, 3.05) is 43.1 Å². The molecule has 2 aromatic carbocycles. The second-order valence-corrected chi connectivity index (χ2v) is 6.98. The van der Waals surface area contributed by atoms with Gasteiger partial charge in [-0.05, 0) is 48.5 Å². The minimum atomic E-state index is -0.449. The molecule has 2 aromatic rings. The minimum absolute atomic E-state index is 0.165. The summed E-state index contributed by atoms with van der Waals surface area (Å²) in [6.45, 7) is 2.96. The van der Waals surface area contributed by atoms with Gasteiger partial charge in [0.2, 0.25) is 5.91 Å². The van der Waals surface area contributed by atoms with E-state index in [4.69, 9.17) is 4.74 Å². The zero-order chi connectivity index (χ0) is 19.7. The molecule has 0 saturated carbocycles. The van der Waals surface area contributed by atoms with Crippen molar-refractivity contribution in [1.82, 2.24) is 4.90 Å². The number of benzene rings is 2. The summed E-state index contributed by atoms with van der Waals surface area (Å²) in [6, 6.07) is 12.9. The molecule has 2 amide bonds. The Kier molecular flexibility index (Phi) is 5.00. The van der Waals surface area contributed by atoms with Gasteiger partial charge >= 0.3 is 0 Å². The number of hydrogen-bond donors (Lipinski definition) is 0. The van der Waals surface area contributed by atoms with Crippen LogP contribution in [0.15, 0.2) is 48.5 Å². The minimum Gasteiger partial charge on any atom is -0.497 e. The topological polar surface area (TPSA) is 53.1 Å². The number of ether oxygens (including phenoxy) is 1. The van der Waals surface area contributed by atoms with Crippen molar-refractivity contribution < 1.29 is 18.7 Å². The highest BCUT2D eigenvalue weighted by Gasteiger charge is 2.43. The molecule has 2 saturated heterocycles. The van der Waals surface area contributed by atoms with E-state index in [1.54, 1.807) is 7.11 Å². The maximum atomic E-state index is 13.1. The summed E-state index contributed by atoms with van der Waals surface area (Å²) < 4.78 is 18.3. The Morgan fingerprint density at radius 3 is 2.11 bits per heavy atom. The number of halogens is 1. The fourth-order valence-electron chi connectivity index (χ4n) is 3.85. The van der Waals surface area contributed by atoms with E-state index in [0.717, 1.165) is 24.5 Å². The summed E-state index contributed by atoms with van der Waals surface area (Å²) in [5, 5.41) is 0. The van der Waals surface area contributed by atoms with Crippen LogP contribution in [-0.4, -0.2) is 56.0 Å². The van der Waals surface area contributed by atoms with Crippen LogP contribution in [0.25, 0.3) is 0 Å². The van der Waals surface area contributed by atoms with E-state index in [1.807, 2.05) is 24.3 Å². The number of rotatable bonds is 4. The lowest BCUT2D eigenvalue weighted by atomic mass is 10.1. The molecule has 0 spiro atoms. The normalized spacial score (nSPS) is 20.7. The number of methoxy groups -OCH3 is 1. The van der Waals surface area contributed by atoms with Crippen LogP contribution < -0.4 is 14.5 Å². The van der Waals surface area contributed by atoms with Gasteiger partial charge in [-0.3, -0.25) is 14.5 Å². The summed E-state index contributed by atoms with van der Waals surface area (Å²) in [6.07, 6.45) is 0.165. The molecule has 146 valence electrons. The predicted molar refractivity (Wildman–Crippen MR) is 104 cm³/mol. The first-order valence-electron chi connectivity index (χ1n) is 9.32. The molecule has 0 aliphatic carbocycles. The predicted octanol–water partition coefficient (Wildman–Crippen LogP) is 2.29. The highest BCUT2D eigenvalue weighted by atomic mass is 19.1. The van der Waals surface area contributed by atoms with E-state index in [2.05, 4.69) is 9.80 Å². The highest BCUT2D eigenvalue weighted by Crippen LogP contribution is 2.27. The summed E-state index contributed by atoms with van der Waals surface area (Å²) in [4.78, 5) is 30.8. The fraction of sp³-hybridized carbons (Fsp3) is 0.333. The smallest absolute Gasteiger partial charge is 0.251 e. The van der Waals surface area contributed by atoms with Gasteiger partial charge in [-0.1, -0.05) is 0 Å². The first kappa shape index (κ1) is 18.4. The monoisotopic (exact) mass is 383 g/mol. The number of carbonyl (C=O) groups is 2. The Balaban J connectivity index is 1.41. The molecule has 2 fully saturated rings. The Bertz CT molecular complexity index is 861. The molecule has 0 radical (unpaired) electrons. The van der Waals surface area contributed by atoms with Gasteiger partial charge < -0.3 is 9.64 Å². The molecular formula is C21H22FN3O3. The number of piperazine rings is 1. The third-order valence-corrected chi connectivity index (χ3v) is 5.40. The van der Waals surface area contributed by atoms with Gasteiger partial charge in [-0.25, -0.2) is 9.29 Å². The van der Waals surface area contributed by atoms with E-state index < -0.39 is 11.9 Å². The van der Waals surface area contributed by atoms with Gasteiger partial charge in [-0.15, -0.1) is 0 Å². The maximum Gasteiger partial charge on any atom is 0.251 e. The lowest BCUT2D eigenvalue weighted by Gasteiger charge is -2.38. The van der Waals surface area contributed by atoms with Crippen molar-refractivity contribution >= 4 is 23.2 Å². The van der Waals surface area contributed by atoms with Crippen LogP contribution in [0.4, 0.5) is 15.8 Å². The summed E-state index contributed by atoms with van der Waals surface area (Å²) >= 11 is 0. The zero-order valence-electron chi connectivity index (χ0n) is 15.7. The number of hydrogen-bond acceptors (Lipinski definition) is 5. The summed E-state index contributed by atoms with van der Waals surface area (Å²) in [5.74, 6) is -0.0407. The second kappa shape index (κ2) is 7.59. The molecule has 2 heterocycles. The zero-order valence-corrected chi connectivity index (χ0v) is 15.7. The first-order chi connectivity index (χ1) is 13.6. The van der Waals surface area contributed by atoms with Crippen LogP contribution in [0.5, 0.6) is 5.75 Å². The SMILES string of the molecule is COc1ccc(N2CCN([C@H]3CC(=O)N(c4ccc(F)cc4)C3=O)CC2)cc1. The maximum absolute atomic E-state index is 13.1. The van der Waals surface area contributed by atoms with Crippen molar-refractivity contribution in [2.24, 2.45) is 0 Å². The molecule has 6 nitrogen and oxygen atoms in total. The Hall–Kier alpha value is -2.93. The lowest BCUT2D eigenvalue weighted by molar-refractivity contribution is -0.123. The van der Waals surface area contributed by atoms with Crippen molar-refractivity contribution in [3.05, 3.63) is 54.3 Å². The van der Waals surface area contributed by atoms with Crippen molar-refractivity contribution in [2.45, 2.75) is 12.5 Å². The standard InChI is InChI=1S/C21H22FN3O3/c1-28-18-8-6-16(7-9-18)23-10-12-24(13-11-23)19-14-20(26)25(21(19)27)17-4-2-15(22)3-5-17/h2-9,19H,10-14H2,1H3/t19-/m0/s1. The van der Waals surface area contributed by atoms with E-state index in [1.165, 1.54) is 29.2 Å². The van der Waals surface area contributed by atoms with Gasteiger partial charge in [0.15, 0.2) is 0 Å². The second-order valence-electron chi connectivity index (χ2n) is 6.98. The molecule has 2 aliphatic heterocycles. The summed E-state index contributed by atoms with van der Waals surface area (Å²) in [7, 11) is 1.64. The Labute approximate surface area is 163 Å². The largest absolute Gasteiger partial charge is 0.497 e. The molecule has 0 bridgehead atoms. The average molecular weight is 383 g/mol. The van der Waals surface area contributed by atoms with Gasteiger partial charge in [0.1, 0.15) is 11.6 Å². The van der Waals surface area contributed by atoms with E-state index in [-0.39, 0.29) is 18.2 Å². The molecular weight excluding hydrogens is 361 g/mol. The van der Waals surface area contributed by atoms with Crippen molar-refractivity contribution in [1.29, 1.82) is 0 Å². The van der Waals surface area contributed by atoms with Crippen LogP contribution >= 0.6 is 0 Å². The molecule has 2 aliphatic rings. The highest BCUT2D eigenvalue weighted by molar-refractivity contribution is 6.22. The lowest BCUT2D eigenvalue weighted by Crippen LogP contribution is -2.52. The van der Waals surface area contributed by atoms with Gasteiger partial charge in [-0.2, -0.15) is 0 Å². The van der Waals surface area contributed by atoms with Crippen LogP contribution in [0.1, 0.15) is 6.42 Å². The van der Waals surface area contributed by atoms with Crippen LogP contribution in [0.3, 0.4) is 0 Å².